The summed E-state index contributed by atoms with van der Waals surface area (Å²) in [4.78, 5) is 0.0830. The Morgan fingerprint density at radius 1 is 1.47 bits per heavy atom. The topological polar surface area (TPSA) is 47.3 Å². The summed E-state index contributed by atoms with van der Waals surface area (Å²) < 4.78 is 19.3. The van der Waals surface area contributed by atoms with Crippen molar-refractivity contribution in [1.82, 2.24) is 0 Å². The largest absolute Gasteiger partial charge is 0.389 e. The molecule has 0 spiro atoms. The molecular formula is C14H19FN2OS. The van der Waals surface area contributed by atoms with Crippen molar-refractivity contribution in [1.29, 1.82) is 0 Å². The molecule has 3 N–H and O–H groups in total. The van der Waals surface area contributed by atoms with Crippen molar-refractivity contribution in [2.45, 2.75) is 31.8 Å². The fourth-order valence-corrected chi connectivity index (χ4v) is 2.40. The van der Waals surface area contributed by atoms with Crippen LogP contribution in [0.1, 0.15) is 31.2 Å². The minimum Gasteiger partial charge on any atom is -0.389 e. The van der Waals surface area contributed by atoms with Gasteiger partial charge < -0.3 is 15.8 Å². The third-order valence-corrected chi connectivity index (χ3v) is 3.52. The summed E-state index contributed by atoms with van der Waals surface area (Å²) in [5.74, 6) is -0.383. The fourth-order valence-electron chi connectivity index (χ4n) is 2.24. The quantitative estimate of drug-likeness (QED) is 0.815. The molecule has 104 valence electrons. The van der Waals surface area contributed by atoms with E-state index in [1.54, 1.807) is 12.1 Å². The number of rotatable bonds is 5. The summed E-state index contributed by atoms with van der Waals surface area (Å²) in [6, 6.07) is 4.83. The number of nitrogens with one attached hydrogen (secondary N) is 1. The molecule has 0 aliphatic carbocycles. The Morgan fingerprint density at radius 2 is 2.32 bits per heavy atom. The van der Waals surface area contributed by atoms with Crippen LogP contribution in [0.5, 0.6) is 0 Å². The normalized spacial score (nSPS) is 19.1. The molecule has 1 heterocycles. The lowest BCUT2D eigenvalue weighted by Gasteiger charge is -2.22. The second kappa shape index (κ2) is 6.82. The van der Waals surface area contributed by atoms with E-state index in [0.717, 1.165) is 38.1 Å². The van der Waals surface area contributed by atoms with Gasteiger partial charge in [-0.15, -0.1) is 0 Å². The molecule has 0 aromatic heterocycles. The van der Waals surface area contributed by atoms with E-state index in [1.165, 1.54) is 12.5 Å². The maximum absolute atomic E-state index is 13.7. The molecule has 2 rings (SSSR count). The predicted octanol–water partition coefficient (Wildman–Crippen LogP) is 2.83. The Labute approximate surface area is 118 Å². The Kier molecular flexibility index (Phi) is 5.10. The molecule has 0 amide bonds. The summed E-state index contributed by atoms with van der Waals surface area (Å²) in [5, 5.41) is 3.19. The van der Waals surface area contributed by atoms with Crippen LogP contribution >= 0.6 is 12.2 Å². The van der Waals surface area contributed by atoms with Gasteiger partial charge >= 0.3 is 0 Å². The molecule has 5 heteroatoms. The highest BCUT2D eigenvalue weighted by atomic mass is 32.1. The van der Waals surface area contributed by atoms with Gasteiger partial charge in [0.2, 0.25) is 0 Å². The Morgan fingerprint density at radius 3 is 2.95 bits per heavy atom. The Balaban J connectivity index is 1.82. The van der Waals surface area contributed by atoms with Gasteiger partial charge in [0.05, 0.1) is 6.10 Å². The monoisotopic (exact) mass is 282 g/mol. The van der Waals surface area contributed by atoms with Crippen LogP contribution in [0.15, 0.2) is 18.2 Å². The van der Waals surface area contributed by atoms with E-state index < -0.39 is 0 Å². The van der Waals surface area contributed by atoms with Gasteiger partial charge in [0.1, 0.15) is 10.8 Å². The van der Waals surface area contributed by atoms with Crippen molar-refractivity contribution < 1.29 is 9.13 Å². The van der Waals surface area contributed by atoms with Gasteiger partial charge in [0.25, 0.3) is 0 Å². The molecule has 1 aromatic rings. The highest BCUT2D eigenvalue weighted by Gasteiger charge is 2.13. The maximum Gasteiger partial charge on any atom is 0.135 e. The van der Waals surface area contributed by atoms with E-state index in [4.69, 9.17) is 22.7 Å². The highest BCUT2D eigenvalue weighted by Crippen LogP contribution is 2.17. The SMILES string of the molecule is NC(=S)c1ccc(NCCC2CCCCO2)cc1F. The van der Waals surface area contributed by atoms with Gasteiger partial charge in [-0.2, -0.15) is 0 Å². The van der Waals surface area contributed by atoms with Crippen LogP contribution < -0.4 is 11.1 Å². The molecule has 1 aliphatic rings. The summed E-state index contributed by atoms with van der Waals surface area (Å²) >= 11 is 4.77. The third kappa shape index (κ3) is 4.14. The highest BCUT2D eigenvalue weighted by molar-refractivity contribution is 7.80. The molecule has 1 unspecified atom stereocenters. The second-order valence-electron chi connectivity index (χ2n) is 4.76. The molecule has 0 saturated carbocycles. The van der Waals surface area contributed by atoms with Crippen LogP contribution in [0.3, 0.4) is 0 Å². The first-order valence-electron chi connectivity index (χ1n) is 6.61. The predicted molar refractivity (Wildman–Crippen MR) is 79.0 cm³/mol. The lowest BCUT2D eigenvalue weighted by molar-refractivity contribution is 0.0134. The summed E-state index contributed by atoms with van der Waals surface area (Å²) in [6.07, 6.45) is 4.80. The van der Waals surface area contributed by atoms with Crippen LogP contribution in [0.2, 0.25) is 0 Å². The Bertz CT molecular complexity index is 447. The van der Waals surface area contributed by atoms with Gasteiger partial charge in [0.15, 0.2) is 0 Å². The molecule has 1 aromatic carbocycles. The average Bonchev–Trinajstić information content (AvgIpc) is 2.39. The van der Waals surface area contributed by atoms with E-state index in [1.807, 2.05) is 0 Å². The molecular weight excluding hydrogens is 263 g/mol. The molecule has 1 fully saturated rings. The van der Waals surface area contributed by atoms with Crippen molar-refractivity contribution in [3.05, 3.63) is 29.6 Å². The zero-order chi connectivity index (χ0) is 13.7. The van der Waals surface area contributed by atoms with Crippen LogP contribution in [0, 0.1) is 5.82 Å². The first-order chi connectivity index (χ1) is 9.16. The lowest BCUT2D eigenvalue weighted by atomic mass is 10.1. The van der Waals surface area contributed by atoms with Gasteiger partial charge in [-0.05, 0) is 43.9 Å². The zero-order valence-corrected chi connectivity index (χ0v) is 11.6. The minimum atomic E-state index is -0.383. The van der Waals surface area contributed by atoms with Crippen molar-refractivity contribution in [2.75, 3.05) is 18.5 Å². The number of benzene rings is 1. The van der Waals surface area contributed by atoms with Gasteiger partial charge in [-0.1, -0.05) is 12.2 Å². The number of halogens is 1. The average molecular weight is 282 g/mol. The van der Waals surface area contributed by atoms with Gasteiger partial charge in [-0.25, -0.2) is 4.39 Å². The van der Waals surface area contributed by atoms with Crippen LogP contribution in [-0.4, -0.2) is 24.2 Å². The van der Waals surface area contributed by atoms with Crippen LogP contribution in [0.25, 0.3) is 0 Å². The number of hydrogen-bond donors (Lipinski definition) is 2. The molecule has 19 heavy (non-hydrogen) atoms. The summed E-state index contributed by atoms with van der Waals surface area (Å²) in [5.41, 5.74) is 6.45. The van der Waals surface area contributed by atoms with Crippen LogP contribution in [0.4, 0.5) is 10.1 Å². The summed E-state index contributed by atoms with van der Waals surface area (Å²) in [7, 11) is 0. The second-order valence-corrected chi connectivity index (χ2v) is 5.20. The number of thiocarbonyl (C=S) groups is 1. The van der Waals surface area contributed by atoms with Gasteiger partial charge in [-0.3, -0.25) is 0 Å². The maximum atomic E-state index is 13.7. The van der Waals surface area contributed by atoms with Gasteiger partial charge in [0, 0.05) is 24.4 Å². The van der Waals surface area contributed by atoms with Crippen molar-refractivity contribution in [3.8, 4) is 0 Å². The number of hydrogen-bond acceptors (Lipinski definition) is 3. The van der Waals surface area contributed by atoms with E-state index in [9.17, 15) is 4.39 Å². The molecule has 3 nitrogen and oxygen atoms in total. The molecule has 1 aliphatic heterocycles. The van der Waals surface area contributed by atoms with Crippen molar-refractivity contribution >= 4 is 22.9 Å². The number of ether oxygens (including phenoxy) is 1. The number of anilines is 1. The molecule has 0 radical (unpaired) electrons. The Hall–Kier alpha value is -1.20. The van der Waals surface area contributed by atoms with E-state index >= 15 is 0 Å². The summed E-state index contributed by atoms with van der Waals surface area (Å²) in [6.45, 7) is 1.64. The van der Waals surface area contributed by atoms with E-state index in [-0.39, 0.29) is 16.4 Å². The minimum absolute atomic E-state index is 0.0830. The lowest BCUT2D eigenvalue weighted by Crippen LogP contribution is -2.22. The molecule has 1 atom stereocenters. The fraction of sp³-hybridized carbons (Fsp3) is 0.500. The van der Waals surface area contributed by atoms with Crippen molar-refractivity contribution in [3.63, 3.8) is 0 Å². The zero-order valence-electron chi connectivity index (χ0n) is 10.8. The van der Waals surface area contributed by atoms with Crippen molar-refractivity contribution in [2.24, 2.45) is 5.73 Å². The molecule has 1 saturated heterocycles. The first-order valence-corrected chi connectivity index (χ1v) is 7.02. The van der Waals surface area contributed by atoms with Crippen LogP contribution in [-0.2, 0) is 4.74 Å². The third-order valence-electron chi connectivity index (χ3n) is 3.30. The number of nitrogens with two attached hydrogens (primary N) is 1. The van der Waals surface area contributed by atoms with E-state index in [0.29, 0.717) is 6.10 Å². The first kappa shape index (κ1) is 14.2. The smallest absolute Gasteiger partial charge is 0.135 e. The molecule has 0 bridgehead atoms. The van der Waals surface area contributed by atoms with E-state index in [2.05, 4.69) is 5.32 Å². The standard InChI is InChI=1S/C14H19FN2OS/c15-13-9-10(4-5-12(13)14(16)19)17-7-6-11-3-1-2-8-18-11/h4-5,9,11,17H,1-3,6-8H2,(H2,16,19).